The second-order valence-electron chi connectivity index (χ2n) is 7.57. The van der Waals surface area contributed by atoms with Gasteiger partial charge in [0.2, 0.25) is 0 Å². The highest BCUT2D eigenvalue weighted by atomic mass is 16.5. The summed E-state index contributed by atoms with van der Waals surface area (Å²) < 4.78 is 15.5. The average molecular weight is 442 g/mol. The summed E-state index contributed by atoms with van der Waals surface area (Å²) in [5, 5.41) is 13.4. The van der Waals surface area contributed by atoms with Crippen molar-refractivity contribution in [2.45, 2.75) is 40.0 Å². The number of methoxy groups -OCH3 is 1. The summed E-state index contributed by atoms with van der Waals surface area (Å²) in [4.78, 5) is 0. The standard InChI is InChI=1S/C26H27N5O2/c1-4-5-9-16-31-24(25(20(2)29-31)33-18-22-10-7-6-8-11-22)26-28-27-19-30(26)17-21-12-14-23(32-3)15-13-21/h6-8,10-15,19H,9,16-18H2,1-3H3. The molecule has 0 spiro atoms. The van der Waals surface area contributed by atoms with Crippen molar-refractivity contribution in [3.63, 3.8) is 0 Å². The van der Waals surface area contributed by atoms with Crippen LogP contribution in [0.4, 0.5) is 0 Å². The van der Waals surface area contributed by atoms with Gasteiger partial charge in [-0.2, -0.15) is 5.10 Å². The number of aryl methyl sites for hydroxylation is 2. The van der Waals surface area contributed by atoms with Gasteiger partial charge < -0.3 is 14.0 Å². The molecule has 0 aliphatic carbocycles. The van der Waals surface area contributed by atoms with Gasteiger partial charge in [0.15, 0.2) is 11.6 Å². The van der Waals surface area contributed by atoms with Gasteiger partial charge in [0.05, 0.1) is 20.2 Å². The Morgan fingerprint density at radius 3 is 2.52 bits per heavy atom. The third-order valence-electron chi connectivity index (χ3n) is 5.26. The first-order valence-electron chi connectivity index (χ1n) is 10.8. The molecule has 0 bridgehead atoms. The Kier molecular flexibility index (Phi) is 7.06. The lowest BCUT2D eigenvalue weighted by Gasteiger charge is -2.12. The predicted molar refractivity (Wildman–Crippen MR) is 127 cm³/mol. The Morgan fingerprint density at radius 2 is 1.79 bits per heavy atom. The van der Waals surface area contributed by atoms with Gasteiger partial charge in [0.25, 0.3) is 0 Å². The normalized spacial score (nSPS) is 10.5. The molecule has 168 valence electrons. The molecule has 33 heavy (non-hydrogen) atoms. The third-order valence-corrected chi connectivity index (χ3v) is 5.26. The number of aromatic nitrogens is 5. The highest BCUT2D eigenvalue weighted by Gasteiger charge is 2.23. The summed E-state index contributed by atoms with van der Waals surface area (Å²) in [7, 11) is 1.66. The zero-order chi connectivity index (χ0) is 23.0. The SMILES string of the molecule is CC#CCCn1nc(C)c(OCc2ccccc2)c1-c1nncn1Cc1ccc(OC)cc1. The van der Waals surface area contributed by atoms with Crippen LogP contribution in [0.15, 0.2) is 60.9 Å². The predicted octanol–water partition coefficient (Wildman–Crippen LogP) is 4.50. The molecule has 0 aliphatic rings. The molecule has 7 heteroatoms. The van der Waals surface area contributed by atoms with E-state index in [4.69, 9.17) is 14.6 Å². The van der Waals surface area contributed by atoms with Crippen molar-refractivity contribution in [1.82, 2.24) is 24.5 Å². The molecule has 0 N–H and O–H groups in total. The van der Waals surface area contributed by atoms with Gasteiger partial charge >= 0.3 is 0 Å². The number of hydrogen-bond donors (Lipinski definition) is 0. The molecule has 7 nitrogen and oxygen atoms in total. The monoisotopic (exact) mass is 441 g/mol. The fourth-order valence-corrected chi connectivity index (χ4v) is 3.61. The zero-order valence-electron chi connectivity index (χ0n) is 19.2. The second kappa shape index (κ2) is 10.5. The van der Waals surface area contributed by atoms with Crippen molar-refractivity contribution >= 4 is 0 Å². The van der Waals surface area contributed by atoms with Crippen molar-refractivity contribution in [3.05, 3.63) is 77.7 Å². The van der Waals surface area contributed by atoms with Crippen molar-refractivity contribution in [3.8, 4) is 34.9 Å². The van der Waals surface area contributed by atoms with Gasteiger partial charge in [-0.05, 0) is 37.1 Å². The van der Waals surface area contributed by atoms with E-state index in [1.165, 1.54) is 0 Å². The average Bonchev–Trinajstić information content (AvgIpc) is 3.42. The van der Waals surface area contributed by atoms with E-state index < -0.39 is 0 Å². The zero-order valence-corrected chi connectivity index (χ0v) is 19.2. The summed E-state index contributed by atoms with van der Waals surface area (Å²) >= 11 is 0. The van der Waals surface area contributed by atoms with Crippen LogP contribution in [0.25, 0.3) is 11.5 Å². The van der Waals surface area contributed by atoms with Crippen LogP contribution in [0.5, 0.6) is 11.5 Å². The molecular formula is C26H27N5O2. The van der Waals surface area contributed by atoms with E-state index in [9.17, 15) is 0 Å². The molecule has 0 atom stereocenters. The number of hydrogen-bond acceptors (Lipinski definition) is 5. The number of benzene rings is 2. The smallest absolute Gasteiger partial charge is 0.186 e. The maximum Gasteiger partial charge on any atom is 0.186 e. The van der Waals surface area contributed by atoms with E-state index in [2.05, 4.69) is 22.0 Å². The molecule has 4 rings (SSSR count). The summed E-state index contributed by atoms with van der Waals surface area (Å²) in [6, 6.07) is 18.1. The van der Waals surface area contributed by atoms with E-state index in [0.717, 1.165) is 28.3 Å². The minimum absolute atomic E-state index is 0.446. The minimum atomic E-state index is 0.446. The topological polar surface area (TPSA) is 67.0 Å². The fourth-order valence-electron chi connectivity index (χ4n) is 3.61. The molecule has 2 heterocycles. The summed E-state index contributed by atoms with van der Waals surface area (Å²) in [5.41, 5.74) is 3.83. The van der Waals surface area contributed by atoms with Crippen LogP contribution in [0.2, 0.25) is 0 Å². The van der Waals surface area contributed by atoms with Crippen molar-refractivity contribution in [2.24, 2.45) is 0 Å². The summed E-state index contributed by atoms with van der Waals surface area (Å²) in [6.07, 6.45) is 2.43. The maximum atomic E-state index is 6.28. The second-order valence-corrected chi connectivity index (χ2v) is 7.57. The Balaban J connectivity index is 1.68. The van der Waals surface area contributed by atoms with Gasteiger partial charge in [-0.3, -0.25) is 4.68 Å². The molecule has 0 unspecified atom stereocenters. The van der Waals surface area contributed by atoms with Gasteiger partial charge in [0, 0.05) is 6.42 Å². The summed E-state index contributed by atoms with van der Waals surface area (Å²) in [6.45, 7) is 5.50. The Morgan fingerprint density at radius 1 is 1.00 bits per heavy atom. The first-order chi connectivity index (χ1) is 16.2. The van der Waals surface area contributed by atoms with Gasteiger partial charge in [-0.25, -0.2) is 0 Å². The molecule has 0 amide bonds. The van der Waals surface area contributed by atoms with Crippen molar-refractivity contribution in [1.29, 1.82) is 0 Å². The Labute approximate surface area is 194 Å². The molecule has 0 fully saturated rings. The Bertz CT molecular complexity index is 1250. The molecular weight excluding hydrogens is 414 g/mol. The molecule has 0 saturated heterocycles. The van der Waals surface area contributed by atoms with Crippen molar-refractivity contribution in [2.75, 3.05) is 7.11 Å². The molecule has 0 saturated carbocycles. The van der Waals surface area contributed by atoms with Crippen LogP contribution < -0.4 is 9.47 Å². The fraction of sp³-hybridized carbons (Fsp3) is 0.269. The first-order valence-corrected chi connectivity index (χ1v) is 10.8. The van der Waals surface area contributed by atoms with Crippen LogP contribution in [0.1, 0.15) is 30.2 Å². The van der Waals surface area contributed by atoms with Gasteiger partial charge in [-0.1, -0.05) is 42.5 Å². The van der Waals surface area contributed by atoms with Gasteiger partial charge in [-0.15, -0.1) is 22.0 Å². The quantitative estimate of drug-likeness (QED) is 0.358. The van der Waals surface area contributed by atoms with E-state index in [-0.39, 0.29) is 0 Å². The number of ether oxygens (including phenoxy) is 2. The lowest BCUT2D eigenvalue weighted by atomic mass is 10.2. The molecule has 0 aliphatic heterocycles. The van der Waals surface area contributed by atoms with Crippen LogP contribution in [0, 0.1) is 18.8 Å². The lowest BCUT2D eigenvalue weighted by molar-refractivity contribution is 0.305. The number of rotatable bonds is 9. The molecule has 4 aromatic rings. The van der Waals surface area contributed by atoms with E-state index in [0.29, 0.717) is 37.7 Å². The lowest BCUT2D eigenvalue weighted by Crippen LogP contribution is -2.08. The maximum absolute atomic E-state index is 6.28. The summed E-state index contributed by atoms with van der Waals surface area (Å²) in [5.74, 6) is 8.31. The van der Waals surface area contributed by atoms with Crippen LogP contribution in [-0.2, 0) is 19.7 Å². The highest BCUT2D eigenvalue weighted by Crippen LogP contribution is 2.33. The minimum Gasteiger partial charge on any atom is -0.497 e. The first kappa shape index (κ1) is 22.2. The van der Waals surface area contributed by atoms with E-state index >= 15 is 0 Å². The van der Waals surface area contributed by atoms with E-state index in [1.54, 1.807) is 13.4 Å². The van der Waals surface area contributed by atoms with Gasteiger partial charge in [0.1, 0.15) is 30.1 Å². The number of nitrogens with zero attached hydrogens (tertiary/aromatic N) is 5. The van der Waals surface area contributed by atoms with Crippen LogP contribution in [0.3, 0.4) is 0 Å². The largest absolute Gasteiger partial charge is 0.497 e. The van der Waals surface area contributed by atoms with Crippen LogP contribution in [-0.4, -0.2) is 31.7 Å². The highest BCUT2D eigenvalue weighted by molar-refractivity contribution is 5.62. The van der Waals surface area contributed by atoms with Crippen LogP contribution >= 0.6 is 0 Å². The Hall–Kier alpha value is -4.05. The van der Waals surface area contributed by atoms with E-state index in [1.807, 2.05) is 77.7 Å². The third kappa shape index (κ3) is 5.24. The molecule has 2 aromatic carbocycles. The molecule has 2 aromatic heterocycles. The molecule has 0 radical (unpaired) electrons. The van der Waals surface area contributed by atoms with Crippen molar-refractivity contribution < 1.29 is 9.47 Å².